The van der Waals surface area contributed by atoms with Gasteiger partial charge < -0.3 is 10.4 Å². The molecule has 1 aromatic rings. The Morgan fingerprint density at radius 2 is 2.12 bits per heavy atom. The van der Waals surface area contributed by atoms with Gasteiger partial charge in [0.25, 0.3) is 0 Å². The van der Waals surface area contributed by atoms with E-state index < -0.39 is 6.09 Å². The molecule has 1 saturated heterocycles. The van der Waals surface area contributed by atoms with Crippen LogP contribution in [0, 0.1) is 6.92 Å². The molecule has 1 unspecified atom stereocenters. The van der Waals surface area contributed by atoms with E-state index in [0.29, 0.717) is 13.1 Å². The monoisotopic (exact) mass is 220 g/mol. The van der Waals surface area contributed by atoms with Gasteiger partial charge in [0.1, 0.15) is 0 Å². The number of amides is 1. The third kappa shape index (κ3) is 2.17. The van der Waals surface area contributed by atoms with E-state index in [2.05, 4.69) is 5.32 Å². The van der Waals surface area contributed by atoms with Crippen LogP contribution in [-0.2, 0) is 0 Å². The van der Waals surface area contributed by atoms with Crippen LogP contribution in [0.1, 0.15) is 17.2 Å². The fraction of sp³-hybridized carbons (Fsp3) is 0.417. The standard InChI is InChI=1S/C12H16N2O2/c1-9-2-4-10(5-3-9)11-8-13-6-7-14(11)12(15)16/h2-5,11,13H,6-8H2,1H3,(H,15,16). The van der Waals surface area contributed by atoms with Gasteiger partial charge in [0.2, 0.25) is 0 Å². The number of aryl methyl sites for hydroxylation is 1. The second-order valence-corrected chi connectivity index (χ2v) is 4.11. The van der Waals surface area contributed by atoms with Crippen molar-refractivity contribution in [3.63, 3.8) is 0 Å². The number of carboxylic acid groups (broad SMARTS) is 1. The average Bonchev–Trinajstić information content (AvgIpc) is 2.30. The van der Waals surface area contributed by atoms with Gasteiger partial charge in [-0.3, -0.25) is 4.90 Å². The number of rotatable bonds is 1. The maximum atomic E-state index is 11.1. The van der Waals surface area contributed by atoms with Crippen molar-refractivity contribution in [1.29, 1.82) is 0 Å². The molecule has 1 atom stereocenters. The molecule has 2 N–H and O–H groups in total. The van der Waals surface area contributed by atoms with Gasteiger partial charge >= 0.3 is 6.09 Å². The molecule has 0 aliphatic carbocycles. The minimum Gasteiger partial charge on any atom is -0.465 e. The number of piperazine rings is 1. The number of hydrogen-bond acceptors (Lipinski definition) is 2. The first kappa shape index (κ1) is 11.0. The Kier molecular flexibility index (Phi) is 3.10. The highest BCUT2D eigenvalue weighted by Crippen LogP contribution is 2.22. The zero-order chi connectivity index (χ0) is 11.5. The summed E-state index contributed by atoms with van der Waals surface area (Å²) in [6, 6.07) is 7.98. The molecule has 1 heterocycles. The molecule has 2 rings (SSSR count). The first-order chi connectivity index (χ1) is 7.68. The summed E-state index contributed by atoms with van der Waals surface area (Å²) in [5, 5.41) is 12.4. The molecule has 0 radical (unpaired) electrons. The first-order valence-corrected chi connectivity index (χ1v) is 5.45. The zero-order valence-corrected chi connectivity index (χ0v) is 9.31. The second-order valence-electron chi connectivity index (χ2n) is 4.11. The molecule has 1 aliphatic heterocycles. The van der Waals surface area contributed by atoms with Crippen molar-refractivity contribution in [2.75, 3.05) is 19.6 Å². The number of benzene rings is 1. The van der Waals surface area contributed by atoms with Crippen molar-refractivity contribution in [2.45, 2.75) is 13.0 Å². The summed E-state index contributed by atoms with van der Waals surface area (Å²) >= 11 is 0. The fourth-order valence-electron chi connectivity index (χ4n) is 2.02. The van der Waals surface area contributed by atoms with Crippen LogP contribution >= 0.6 is 0 Å². The van der Waals surface area contributed by atoms with Crippen LogP contribution in [-0.4, -0.2) is 35.7 Å². The first-order valence-electron chi connectivity index (χ1n) is 5.45. The Morgan fingerprint density at radius 3 is 2.75 bits per heavy atom. The number of carbonyl (C=O) groups is 1. The van der Waals surface area contributed by atoms with Gasteiger partial charge in [-0.15, -0.1) is 0 Å². The predicted octanol–water partition coefficient (Wildman–Crippen LogP) is 1.62. The highest BCUT2D eigenvalue weighted by molar-refractivity contribution is 5.66. The summed E-state index contributed by atoms with van der Waals surface area (Å²) in [5.74, 6) is 0. The summed E-state index contributed by atoms with van der Waals surface area (Å²) in [6.45, 7) is 4.00. The Bertz CT molecular complexity index is 375. The Hall–Kier alpha value is -1.55. The summed E-state index contributed by atoms with van der Waals surface area (Å²) < 4.78 is 0. The van der Waals surface area contributed by atoms with E-state index in [4.69, 9.17) is 5.11 Å². The van der Waals surface area contributed by atoms with Crippen molar-refractivity contribution >= 4 is 6.09 Å². The molecule has 1 aromatic carbocycles. The molecular formula is C12H16N2O2. The lowest BCUT2D eigenvalue weighted by molar-refractivity contribution is 0.112. The van der Waals surface area contributed by atoms with Gasteiger partial charge in [-0.1, -0.05) is 29.8 Å². The molecule has 1 fully saturated rings. The molecule has 0 spiro atoms. The fourth-order valence-corrected chi connectivity index (χ4v) is 2.02. The van der Waals surface area contributed by atoms with Crippen molar-refractivity contribution in [3.8, 4) is 0 Å². The van der Waals surface area contributed by atoms with Crippen LogP contribution in [0.4, 0.5) is 4.79 Å². The Labute approximate surface area is 94.9 Å². The molecule has 4 heteroatoms. The van der Waals surface area contributed by atoms with Crippen LogP contribution in [0.5, 0.6) is 0 Å². The lowest BCUT2D eigenvalue weighted by Gasteiger charge is -2.34. The maximum absolute atomic E-state index is 11.1. The summed E-state index contributed by atoms with van der Waals surface area (Å²) in [7, 11) is 0. The molecule has 16 heavy (non-hydrogen) atoms. The smallest absolute Gasteiger partial charge is 0.407 e. The largest absolute Gasteiger partial charge is 0.465 e. The van der Waals surface area contributed by atoms with Gasteiger partial charge in [-0.25, -0.2) is 4.79 Å². The van der Waals surface area contributed by atoms with Crippen LogP contribution in [0.2, 0.25) is 0 Å². The normalized spacial score (nSPS) is 20.8. The third-order valence-corrected chi connectivity index (χ3v) is 2.95. The van der Waals surface area contributed by atoms with E-state index in [1.807, 2.05) is 31.2 Å². The minimum absolute atomic E-state index is 0.0631. The maximum Gasteiger partial charge on any atom is 0.407 e. The quantitative estimate of drug-likeness (QED) is 0.756. The van der Waals surface area contributed by atoms with Gasteiger partial charge in [0.15, 0.2) is 0 Å². The highest BCUT2D eigenvalue weighted by Gasteiger charge is 2.27. The van der Waals surface area contributed by atoms with E-state index in [9.17, 15) is 4.79 Å². The van der Waals surface area contributed by atoms with Crippen molar-refractivity contribution in [2.24, 2.45) is 0 Å². The molecule has 0 saturated carbocycles. The number of hydrogen-bond donors (Lipinski definition) is 2. The number of nitrogens with zero attached hydrogens (tertiary/aromatic N) is 1. The molecule has 1 amide bonds. The lowest BCUT2D eigenvalue weighted by atomic mass is 10.0. The summed E-state index contributed by atoms with van der Waals surface area (Å²) in [5.41, 5.74) is 2.24. The Balaban J connectivity index is 2.23. The highest BCUT2D eigenvalue weighted by atomic mass is 16.4. The van der Waals surface area contributed by atoms with E-state index in [0.717, 1.165) is 12.1 Å². The van der Waals surface area contributed by atoms with Gasteiger partial charge in [0.05, 0.1) is 6.04 Å². The van der Waals surface area contributed by atoms with Crippen LogP contribution in [0.25, 0.3) is 0 Å². The van der Waals surface area contributed by atoms with Gasteiger partial charge in [-0.05, 0) is 12.5 Å². The SMILES string of the molecule is Cc1ccc(C2CNCCN2C(=O)O)cc1. The van der Waals surface area contributed by atoms with Gasteiger partial charge in [-0.2, -0.15) is 0 Å². The molecule has 0 bridgehead atoms. The molecule has 86 valence electrons. The molecule has 4 nitrogen and oxygen atoms in total. The summed E-state index contributed by atoms with van der Waals surface area (Å²) in [4.78, 5) is 12.6. The van der Waals surface area contributed by atoms with E-state index in [1.54, 1.807) is 0 Å². The van der Waals surface area contributed by atoms with E-state index in [-0.39, 0.29) is 6.04 Å². The van der Waals surface area contributed by atoms with Crippen molar-refractivity contribution in [3.05, 3.63) is 35.4 Å². The summed E-state index contributed by atoms with van der Waals surface area (Å²) in [6.07, 6.45) is -0.841. The second kappa shape index (κ2) is 4.53. The topological polar surface area (TPSA) is 52.6 Å². The molecular weight excluding hydrogens is 204 g/mol. The lowest BCUT2D eigenvalue weighted by Crippen LogP contribution is -2.48. The van der Waals surface area contributed by atoms with Crippen molar-refractivity contribution < 1.29 is 9.90 Å². The minimum atomic E-state index is -0.841. The van der Waals surface area contributed by atoms with Crippen LogP contribution < -0.4 is 5.32 Å². The van der Waals surface area contributed by atoms with E-state index >= 15 is 0 Å². The zero-order valence-electron chi connectivity index (χ0n) is 9.31. The van der Waals surface area contributed by atoms with E-state index in [1.165, 1.54) is 10.5 Å². The van der Waals surface area contributed by atoms with Crippen LogP contribution in [0.3, 0.4) is 0 Å². The van der Waals surface area contributed by atoms with Crippen molar-refractivity contribution in [1.82, 2.24) is 10.2 Å². The van der Waals surface area contributed by atoms with Gasteiger partial charge in [0, 0.05) is 19.6 Å². The number of nitrogens with one attached hydrogen (secondary N) is 1. The predicted molar refractivity (Wildman–Crippen MR) is 61.5 cm³/mol. The third-order valence-electron chi connectivity index (χ3n) is 2.95. The average molecular weight is 220 g/mol. The molecule has 0 aromatic heterocycles. The molecule has 1 aliphatic rings. The van der Waals surface area contributed by atoms with Crippen LogP contribution in [0.15, 0.2) is 24.3 Å². The Morgan fingerprint density at radius 1 is 1.44 bits per heavy atom.